The van der Waals surface area contributed by atoms with Crippen molar-refractivity contribution in [3.05, 3.63) is 368 Å². The fourth-order valence-corrected chi connectivity index (χ4v) is 21.1. The quantitative estimate of drug-likeness (QED) is 0.0372. The maximum absolute atomic E-state index is 12.5. The molecule has 8 aromatic heterocycles. The summed E-state index contributed by atoms with van der Waals surface area (Å²) in [4.78, 5) is 71.5. The van der Waals surface area contributed by atoms with Gasteiger partial charge in [0.1, 0.15) is 64.4 Å². The minimum atomic E-state index is -3.37. The molecule has 0 spiro atoms. The topological polar surface area (TPSA) is 315 Å². The Morgan fingerprint density at radius 2 is 0.809 bits per heavy atom. The molecule has 0 saturated carbocycles. The van der Waals surface area contributed by atoms with Gasteiger partial charge in [0.2, 0.25) is 0 Å². The smallest absolute Gasteiger partial charge is 0.336 e. The van der Waals surface area contributed by atoms with Crippen LogP contribution in [0, 0.1) is 20.8 Å². The van der Waals surface area contributed by atoms with Crippen molar-refractivity contribution in [2.24, 2.45) is 0 Å². The first-order chi connectivity index (χ1) is 68.0. The molecule has 1 atom stereocenters. The Labute approximate surface area is 824 Å². The zero-order valence-electron chi connectivity index (χ0n) is 79.3. The first-order valence-electron chi connectivity index (χ1n) is 46.1. The Morgan fingerprint density at radius 1 is 0.411 bits per heavy atom. The molecule has 8 heterocycles. The normalized spacial score (nSPS) is 11.7. The minimum absolute atomic E-state index is 0.0510. The SMILES string of the molecule is CCc1ccc(OC(C)(C)c2ccccc2)c2c(C(=O)O)cc(-c3csc4ccccc34)nc12.CCc1ccc(OCCc2ccccc2)c2c(C(=O)O)cc(-c3sc4ccccc4c3C)nc12.CCc1ccc(OCc2cccc(S(C)(=O)=O)c2)c2c(C(=O)O)cc(-c3oc4ccccc4c3C)nc12.CCc1ccc(OCc2cccc(S(C)=O)c2)c2c(C(=O)O)cc(-c3oc4ccccc4c3C)nc12. The number of pyridine rings is 4. The summed E-state index contributed by atoms with van der Waals surface area (Å²) in [6.07, 6.45) is 6.32. The van der Waals surface area contributed by atoms with Gasteiger partial charge in [-0.25, -0.2) is 47.5 Å². The third kappa shape index (κ3) is 20.4. The van der Waals surface area contributed by atoms with Gasteiger partial charge in [0.15, 0.2) is 21.4 Å². The predicted octanol–water partition coefficient (Wildman–Crippen LogP) is 27.7. The van der Waals surface area contributed by atoms with Crippen LogP contribution in [0.1, 0.15) is 144 Å². The van der Waals surface area contributed by atoms with Crippen LogP contribution >= 0.6 is 22.7 Å². The van der Waals surface area contributed by atoms with Crippen LogP contribution in [-0.4, -0.2) is 96.0 Å². The fraction of sp³-hybridized carbons (Fsp3) is 0.172. The van der Waals surface area contributed by atoms with Crippen LogP contribution in [0.5, 0.6) is 23.0 Å². The largest absolute Gasteiger partial charge is 0.493 e. The Hall–Kier alpha value is -15.5. The molecule has 1 unspecified atom stereocenters. The number of fused-ring (bicyclic) bond motifs is 8. The number of ether oxygens (including phenoxy) is 4. The number of para-hydroxylation sites is 2. The van der Waals surface area contributed by atoms with Gasteiger partial charge < -0.3 is 48.2 Å². The Morgan fingerprint density at radius 3 is 1.28 bits per heavy atom. The molecule has 0 fully saturated rings. The number of carbonyl (C=O) groups is 4. The monoisotopic (exact) mass is 1950 g/mol. The zero-order valence-corrected chi connectivity index (χ0v) is 82.6. The molecule has 0 aliphatic rings. The maximum Gasteiger partial charge on any atom is 0.336 e. The van der Waals surface area contributed by atoms with E-state index >= 15 is 0 Å². The lowest BCUT2D eigenvalue weighted by atomic mass is 9.96. The molecule has 21 nitrogen and oxygen atoms in total. The highest BCUT2D eigenvalue weighted by Gasteiger charge is 2.31. The first-order valence-corrected chi connectivity index (χ1v) is 51.2. The highest BCUT2D eigenvalue weighted by molar-refractivity contribution is 7.90. The number of aromatic carboxylic acids is 4. The van der Waals surface area contributed by atoms with Gasteiger partial charge in [-0.1, -0.05) is 210 Å². The average Bonchev–Trinajstić information content (AvgIpc) is 1.75. The number of rotatable bonds is 27. The average molecular weight is 1950 g/mol. The number of furan rings is 2. The minimum Gasteiger partial charge on any atom is -0.493 e. The van der Waals surface area contributed by atoms with E-state index in [2.05, 4.69) is 62.5 Å². The summed E-state index contributed by atoms with van der Waals surface area (Å²) in [6.45, 7) is 18.8. The van der Waals surface area contributed by atoms with Gasteiger partial charge in [-0.15, -0.1) is 22.7 Å². The van der Waals surface area contributed by atoms with E-state index in [0.29, 0.717) is 136 Å². The highest BCUT2D eigenvalue weighted by Crippen LogP contribution is 2.46. The number of hydrogen-bond donors (Lipinski definition) is 4. The molecule has 0 amide bonds. The van der Waals surface area contributed by atoms with E-state index in [1.807, 2.05) is 217 Å². The van der Waals surface area contributed by atoms with Crippen molar-refractivity contribution < 1.29 is 80.0 Å². The van der Waals surface area contributed by atoms with E-state index in [1.165, 1.54) is 27.8 Å². The Bertz CT molecular complexity index is 8410. The van der Waals surface area contributed by atoms with Crippen molar-refractivity contribution in [2.45, 2.75) is 123 Å². The van der Waals surface area contributed by atoms with Gasteiger partial charge in [-0.2, -0.15) is 0 Å². The molecule has 0 aliphatic heterocycles. The summed E-state index contributed by atoms with van der Waals surface area (Å²) in [7, 11) is -4.47. The van der Waals surface area contributed by atoms with Gasteiger partial charge in [0, 0.05) is 82.3 Å². The van der Waals surface area contributed by atoms with E-state index in [4.69, 9.17) is 47.7 Å². The number of carboxylic acid groups (broad SMARTS) is 4. The van der Waals surface area contributed by atoms with Crippen molar-refractivity contribution >= 4 is 153 Å². The number of benzene rings is 12. The summed E-state index contributed by atoms with van der Waals surface area (Å²) in [5.74, 6) is -1.20. The lowest BCUT2D eigenvalue weighted by Gasteiger charge is -2.28. The molecule has 710 valence electrons. The number of aryl methyl sites for hydroxylation is 7. The van der Waals surface area contributed by atoms with Crippen LogP contribution in [0.2, 0.25) is 0 Å². The second-order valence-corrected chi connectivity index (χ2v) is 40.0. The second-order valence-electron chi connectivity index (χ2n) is 34.6. The first kappa shape index (κ1) is 97.1. The van der Waals surface area contributed by atoms with Crippen LogP contribution in [-0.2, 0) is 71.6 Å². The molecule has 141 heavy (non-hydrogen) atoms. The standard InChI is InChI=1S/C29H25NO6S.C29H25NO5S.2C29H25NO3S/c1-4-19-12-13-25(35-16-18-8-7-9-20(14-18)37(3,33)34)26-22(29(31)32)15-23(30-27(19)26)28-17(2)21-10-5-6-11-24(21)36-28;1-4-19-12-13-25(34-16-18-8-7-9-20(14-18)36(3)33)26-22(29(31)32)15-23(30-27(19)26)28-17(2)21-10-5-6-11-24(21)35-28;1-4-18-14-15-24(33-29(2,3)19-10-6-5-7-11-19)26-21(28(31)32)16-23(30-27(18)26)22-17-34-25-13-9-8-12-20(22)25;1-3-20-13-14-24(33-16-15-19-9-5-4-6-10-19)26-22(29(31)32)17-23(30-27(20)26)28-18(2)21-11-7-8-12-25(21)34-28/h5-15H,4,16H2,1-3H3,(H,31,32);5-15H,4,16H2,1-3H3,(H,31,32);5-17H,4H2,1-3H3,(H,31,32);4-14,17H,3,15-16H2,1-2H3,(H,31,32). The molecule has 20 rings (SSSR count). The summed E-state index contributed by atoms with van der Waals surface area (Å²) in [6, 6.07) is 87.1. The zero-order chi connectivity index (χ0) is 99.2. The van der Waals surface area contributed by atoms with Crippen molar-refractivity contribution in [3.8, 4) is 67.7 Å². The predicted molar refractivity (Wildman–Crippen MR) is 561 cm³/mol. The second kappa shape index (κ2) is 41.6. The number of nitrogens with zero attached hydrogens (tertiary/aromatic N) is 4. The Balaban J connectivity index is 0.000000130. The molecule has 4 N–H and O–H groups in total. The van der Waals surface area contributed by atoms with Crippen molar-refractivity contribution in [1.82, 2.24) is 19.9 Å². The summed E-state index contributed by atoms with van der Waals surface area (Å²) in [5, 5.41) is 49.0. The fourth-order valence-electron chi connectivity index (χ4n) is 17.7. The third-order valence-corrected chi connectivity index (χ3v) is 29.4. The van der Waals surface area contributed by atoms with Crippen molar-refractivity contribution in [2.75, 3.05) is 19.1 Å². The lowest BCUT2D eigenvalue weighted by Crippen LogP contribution is -2.25. The van der Waals surface area contributed by atoms with Gasteiger partial charge in [-0.3, -0.25) is 4.21 Å². The van der Waals surface area contributed by atoms with E-state index in [-0.39, 0.29) is 40.4 Å². The van der Waals surface area contributed by atoms with E-state index in [9.17, 15) is 52.2 Å². The van der Waals surface area contributed by atoms with Gasteiger partial charge >= 0.3 is 23.9 Å². The summed E-state index contributed by atoms with van der Waals surface area (Å²) < 4.78 is 75.0. The van der Waals surface area contributed by atoms with Crippen LogP contribution in [0.15, 0.2) is 303 Å². The molecule has 20 aromatic rings. The molecule has 0 saturated heterocycles. The highest BCUT2D eigenvalue weighted by atomic mass is 32.2. The van der Waals surface area contributed by atoms with Crippen LogP contribution < -0.4 is 18.9 Å². The molecule has 25 heteroatoms. The van der Waals surface area contributed by atoms with Crippen molar-refractivity contribution in [1.29, 1.82) is 0 Å². The Kier molecular flexibility index (Phi) is 28.7. The number of hydrogen-bond acceptors (Lipinski definition) is 19. The molecule has 0 aliphatic carbocycles. The number of thiophene rings is 2. The molecule has 0 radical (unpaired) electrons. The van der Waals surface area contributed by atoms with Crippen molar-refractivity contribution in [3.63, 3.8) is 0 Å². The van der Waals surface area contributed by atoms with E-state index < -0.39 is 50.1 Å². The van der Waals surface area contributed by atoms with Gasteiger partial charge in [0.05, 0.1) is 93.6 Å². The van der Waals surface area contributed by atoms with Crippen LogP contribution in [0.3, 0.4) is 0 Å². The summed E-state index contributed by atoms with van der Waals surface area (Å²) in [5.41, 5.74) is 17.4. The van der Waals surface area contributed by atoms with Crippen LogP contribution in [0.25, 0.3) is 130 Å². The molecular weight excluding hydrogens is 1850 g/mol. The molecule has 0 bridgehead atoms. The maximum atomic E-state index is 12.5. The molecule has 12 aromatic carbocycles. The van der Waals surface area contributed by atoms with E-state index in [0.717, 1.165) is 112 Å². The van der Waals surface area contributed by atoms with Gasteiger partial charge in [0.25, 0.3) is 0 Å². The number of aromatic nitrogens is 4. The summed E-state index contributed by atoms with van der Waals surface area (Å²) >= 11 is 3.28. The van der Waals surface area contributed by atoms with E-state index in [1.54, 1.807) is 83.5 Å². The number of carboxylic acids is 4. The third-order valence-electron chi connectivity index (χ3n) is 25.1. The molecular formula is C116H100N4O17S4. The van der Waals surface area contributed by atoms with Crippen LogP contribution in [0.4, 0.5) is 0 Å². The number of sulfone groups is 1. The lowest BCUT2D eigenvalue weighted by molar-refractivity contribution is 0.0687. The van der Waals surface area contributed by atoms with Gasteiger partial charge in [-0.05, 0) is 213 Å².